The molecule has 4 rings (SSSR count). The first-order chi connectivity index (χ1) is 16.0. The molecule has 1 saturated carbocycles. The van der Waals surface area contributed by atoms with Gasteiger partial charge in [0, 0.05) is 23.5 Å². The van der Waals surface area contributed by atoms with E-state index in [0.717, 1.165) is 29.9 Å². The summed E-state index contributed by atoms with van der Waals surface area (Å²) in [5.74, 6) is 0.556. The van der Waals surface area contributed by atoms with Crippen LogP contribution in [0.15, 0.2) is 52.3 Å². The summed E-state index contributed by atoms with van der Waals surface area (Å²) in [4.78, 5) is 28.6. The Labute approximate surface area is 201 Å². The van der Waals surface area contributed by atoms with Crippen LogP contribution >= 0.6 is 11.8 Å². The molecule has 0 saturated heterocycles. The number of thioether (sulfide) groups is 1. The van der Waals surface area contributed by atoms with Gasteiger partial charge in [-0.25, -0.2) is 0 Å². The molecule has 2 aromatic rings. The van der Waals surface area contributed by atoms with Crippen molar-refractivity contribution in [1.82, 2.24) is 5.32 Å². The molecule has 2 aliphatic rings. The number of halogens is 3. The number of hydrogen-bond donors (Lipinski definition) is 1. The number of fused-ring (bicyclic) bond motifs is 1. The minimum Gasteiger partial charge on any atom is -0.349 e. The van der Waals surface area contributed by atoms with Gasteiger partial charge in [-0.2, -0.15) is 13.2 Å². The van der Waals surface area contributed by atoms with Crippen LogP contribution in [0.25, 0.3) is 6.08 Å². The Morgan fingerprint density at radius 1 is 1.12 bits per heavy atom. The van der Waals surface area contributed by atoms with Crippen LogP contribution in [0.3, 0.4) is 0 Å². The van der Waals surface area contributed by atoms with Gasteiger partial charge >= 0.3 is 6.18 Å². The second kappa shape index (κ2) is 9.49. The van der Waals surface area contributed by atoms with E-state index in [-0.39, 0.29) is 17.9 Å². The van der Waals surface area contributed by atoms with Gasteiger partial charge in [-0.3, -0.25) is 9.59 Å². The SMILES string of the molecule is C[C@H]1[C@H](C)CCC[C@@H]1NC(=O)c1ccc2c(c1)N(C)C(=O)/C(=C/c1ccc(C(F)(F)F)cc1)S2. The van der Waals surface area contributed by atoms with Crippen LogP contribution in [-0.2, 0) is 11.0 Å². The summed E-state index contributed by atoms with van der Waals surface area (Å²) in [6.07, 6.45) is 0.423. The summed E-state index contributed by atoms with van der Waals surface area (Å²) in [5, 5.41) is 3.16. The highest BCUT2D eigenvalue weighted by molar-refractivity contribution is 8.04. The van der Waals surface area contributed by atoms with Crippen LogP contribution in [0.5, 0.6) is 0 Å². The van der Waals surface area contributed by atoms with Gasteiger partial charge in [0.1, 0.15) is 0 Å². The third-order valence-corrected chi connectivity index (χ3v) is 7.95. The molecule has 2 aromatic carbocycles. The molecule has 3 atom stereocenters. The zero-order chi connectivity index (χ0) is 24.6. The Kier molecular flexibility index (Phi) is 6.80. The predicted octanol–water partition coefficient (Wildman–Crippen LogP) is 6.37. The van der Waals surface area contributed by atoms with E-state index in [2.05, 4.69) is 19.2 Å². The summed E-state index contributed by atoms with van der Waals surface area (Å²) in [6.45, 7) is 4.39. The van der Waals surface area contributed by atoms with E-state index in [1.54, 1.807) is 25.3 Å². The summed E-state index contributed by atoms with van der Waals surface area (Å²) in [7, 11) is 1.63. The van der Waals surface area contributed by atoms with Crippen molar-refractivity contribution in [3.8, 4) is 0 Å². The average molecular weight is 489 g/mol. The number of rotatable bonds is 3. The second-order valence-electron chi connectivity index (χ2n) is 9.12. The van der Waals surface area contributed by atoms with Crippen molar-refractivity contribution in [1.29, 1.82) is 0 Å². The lowest BCUT2D eigenvalue weighted by molar-refractivity contribution is -0.137. The number of carbonyl (C=O) groups is 2. The lowest BCUT2D eigenvalue weighted by Crippen LogP contribution is -2.43. The zero-order valence-electron chi connectivity index (χ0n) is 19.3. The van der Waals surface area contributed by atoms with E-state index in [4.69, 9.17) is 0 Å². The fraction of sp³-hybridized carbons (Fsp3) is 0.385. The average Bonchev–Trinajstić information content (AvgIpc) is 2.80. The standard InChI is InChI=1S/C26H27F3N2O2S/c1-15-5-4-6-20(16(15)2)30-24(32)18-9-12-22-21(14-18)31(3)25(33)23(34-22)13-17-7-10-19(11-8-17)26(27,28)29/h7-16,20H,4-6H2,1-3H3,(H,30,32)/b23-13-/t15-,16+,20+/m1/s1. The van der Waals surface area contributed by atoms with E-state index >= 15 is 0 Å². The smallest absolute Gasteiger partial charge is 0.349 e. The number of hydrogen-bond acceptors (Lipinski definition) is 3. The van der Waals surface area contributed by atoms with Crippen LogP contribution in [-0.4, -0.2) is 24.9 Å². The quantitative estimate of drug-likeness (QED) is 0.511. The minimum absolute atomic E-state index is 0.138. The summed E-state index contributed by atoms with van der Waals surface area (Å²) < 4.78 is 38.4. The molecule has 34 heavy (non-hydrogen) atoms. The number of alkyl halides is 3. The monoisotopic (exact) mass is 488 g/mol. The van der Waals surface area contributed by atoms with E-state index in [1.807, 2.05) is 6.07 Å². The van der Waals surface area contributed by atoms with Crippen LogP contribution in [0.1, 0.15) is 54.6 Å². The molecule has 1 aliphatic heterocycles. The summed E-state index contributed by atoms with van der Waals surface area (Å²) in [6, 6.07) is 10.1. The number of nitrogens with zero attached hydrogens (tertiary/aromatic N) is 1. The molecule has 0 radical (unpaired) electrons. The van der Waals surface area contributed by atoms with E-state index < -0.39 is 11.7 Å². The number of carbonyl (C=O) groups excluding carboxylic acids is 2. The molecule has 0 bridgehead atoms. The van der Waals surface area contributed by atoms with Crippen molar-refractivity contribution in [3.05, 3.63) is 64.1 Å². The molecule has 180 valence electrons. The van der Waals surface area contributed by atoms with Crippen molar-refractivity contribution in [2.24, 2.45) is 11.8 Å². The third kappa shape index (κ3) is 5.02. The Hall–Kier alpha value is -2.74. The normalized spacial score (nSPS) is 24.2. The molecule has 1 heterocycles. The number of amides is 2. The third-order valence-electron chi connectivity index (χ3n) is 6.88. The fourth-order valence-electron chi connectivity index (χ4n) is 4.49. The molecule has 0 spiro atoms. The second-order valence-corrected chi connectivity index (χ2v) is 10.2. The summed E-state index contributed by atoms with van der Waals surface area (Å²) >= 11 is 1.25. The molecular formula is C26H27F3N2O2S. The van der Waals surface area contributed by atoms with Gasteiger partial charge in [0.15, 0.2) is 0 Å². The Bertz CT molecular complexity index is 1130. The first kappa shape index (κ1) is 24.4. The number of benzene rings is 2. The van der Waals surface area contributed by atoms with E-state index in [1.165, 1.54) is 35.2 Å². The molecule has 2 amide bonds. The zero-order valence-corrected chi connectivity index (χ0v) is 20.1. The maximum absolute atomic E-state index is 13.0. The molecule has 1 N–H and O–H groups in total. The summed E-state index contributed by atoms with van der Waals surface area (Å²) in [5.41, 5.74) is 0.909. The lowest BCUT2D eigenvalue weighted by atomic mass is 9.78. The van der Waals surface area contributed by atoms with E-state index in [0.29, 0.717) is 33.6 Å². The van der Waals surface area contributed by atoms with Crippen LogP contribution in [0.4, 0.5) is 18.9 Å². The topological polar surface area (TPSA) is 49.4 Å². The van der Waals surface area contributed by atoms with Crippen molar-refractivity contribution < 1.29 is 22.8 Å². The van der Waals surface area contributed by atoms with Crippen LogP contribution in [0, 0.1) is 11.8 Å². The van der Waals surface area contributed by atoms with Crippen molar-refractivity contribution in [2.75, 3.05) is 11.9 Å². The maximum atomic E-state index is 13.0. The molecule has 8 heteroatoms. The highest BCUT2D eigenvalue weighted by Gasteiger charge is 2.31. The van der Waals surface area contributed by atoms with Gasteiger partial charge in [-0.05, 0) is 60.2 Å². The molecular weight excluding hydrogens is 461 g/mol. The van der Waals surface area contributed by atoms with Gasteiger partial charge < -0.3 is 10.2 Å². The van der Waals surface area contributed by atoms with Gasteiger partial charge in [0.2, 0.25) is 0 Å². The van der Waals surface area contributed by atoms with Gasteiger partial charge in [-0.15, -0.1) is 0 Å². The number of anilines is 1. The molecule has 1 fully saturated rings. The van der Waals surface area contributed by atoms with Gasteiger partial charge in [0.25, 0.3) is 11.8 Å². The highest BCUT2D eigenvalue weighted by Crippen LogP contribution is 2.42. The molecule has 0 aromatic heterocycles. The maximum Gasteiger partial charge on any atom is 0.416 e. The Balaban J connectivity index is 1.53. The van der Waals surface area contributed by atoms with E-state index in [9.17, 15) is 22.8 Å². The molecule has 1 aliphatic carbocycles. The highest BCUT2D eigenvalue weighted by atomic mass is 32.2. The molecule has 4 nitrogen and oxygen atoms in total. The van der Waals surface area contributed by atoms with Crippen molar-refractivity contribution in [3.63, 3.8) is 0 Å². The van der Waals surface area contributed by atoms with Gasteiger partial charge in [0.05, 0.1) is 16.2 Å². The lowest BCUT2D eigenvalue weighted by Gasteiger charge is -2.34. The fourth-order valence-corrected chi connectivity index (χ4v) is 5.58. The number of nitrogens with one attached hydrogen (secondary N) is 1. The largest absolute Gasteiger partial charge is 0.416 e. The first-order valence-electron chi connectivity index (χ1n) is 11.3. The van der Waals surface area contributed by atoms with Gasteiger partial charge in [-0.1, -0.05) is 50.6 Å². The van der Waals surface area contributed by atoms with Crippen molar-refractivity contribution >= 4 is 35.3 Å². The Morgan fingerprint density at radius 2 is 1.82 bits per heavy atom. The van der Waals surface area contributed by atoms with Crippen molar-refractivity contribution in [2.45, 2.75) is 50.2 Å². The Morgan fingerprint density at radius 3 is 2.50 bits per heavy atom. The first-order valence-corrected chi connectivity index (χ1v) is 12.2. The predicted molar refractivity (Wildman–Crippen MR) is 129 cm³/mol. The molecule has 0 unspecified atom stereocenters. The van der Waals surface area contributed by atoms with Crippen LogP contribution in [0.2, 0.25) is 0 Å². The minimum atomic E-state index is -4.41. The van der Waals surface area contributed by atoms with Crippen LogP contribution < -0.4 is 10.2 Å². The number of likely N-dealkylation sites (N-methyl/N-ethyl adjacent to an activating group) is 1.